The number of rotatable bonds is 13. The van der Waals surface area contributed by atoms with E-state index in [1.54, 1.807) is 24.3 Å². The van der Waals surface area contributed by atoms with Crippen molar-refractivity contribution >= 4 is 27.5 Å². The highest BCUT2D eigenvalue weighted by Crippen LogP contribution is 2.26. The molecule has 0 spiro atoms. The molecule has 1 aliphatic rings. The van der Waals surface area contributed by atoms with Crippen molar-refractivity contribution in [3.63, 3.8) is 0 Å². The van der Waals surface area contributed by atoms with E-state index >= 15 is 0 Å². The van der Waals surface area contributed by atoms with Gasteiger partial charge in [-0.25, -0.2) is 8.42 Å². The van der Waals surface area contributed by atoms with E-state index in [1.807, 2.05) is 91.9 Å². The zero-order valence-corrected chi connectivity index (χ0v) is 27.2. The summed E-state index contributed by atoms with van der Waals surface area (Å²) in [5.41, 5.74) is 3.11. The molecule has 0 unspecified atom stereocenters. The molecule has 0 aromatic heterocycles. The number of nitrogens with one attached hydrogen (secondary N) is 1. The van der Waals surface area contributed by atoms with Gasteiger partial charge in [0.15, 0.2) is 0 Å². The van der Waals surface area contributed by atoms with Crippen molar-refractivity contribution in [1.29, 1.82) is 0 Å². The first kappa shape index (κ1) is 32.8. The Bertz CT molecular complexity index is 1710. The number of hydrogen-bond donors (Lipinski definition) is 1. The van der Waals surface area contributed by atoms with Crippen LogP contribution in [-0.4, -0.2) is 50.0 Å². The lowest BCUT2D eigenvalue weighted by Gasteiger charge is -2.34. The van der Waals surface area contributed by atoms with Crippen LogP contribution in [0.15, 0.2) is 109 Å². The van der Waals surface area contributed by atoms with Crippen molar-refractivity contribution in [2.24, 2.45) is 0 Å². The van der Waals surface area contributed by atoms with Gasteiger partial charge < -0.3 is 15.0 Å². The van der Waals surface area contributed by atoms with Gasteiger partial charge in [0.25, 0.3) is 0 Å². The normalized spacial score (nSPS) is 14.0. The number of ether oxygens (including phenoxy) is 1. The summed E-state index contributed by atoms with van der Waals surface area (Å²) in [6, 6.07) is 32.4. The summed E-state index contributed by atoms with van der Waals surface area (Å²) >= 11 is 0. The van der Waals surface area contributed by atoms with Crippen molar-refractivity contribution < 1.29 is 22.7 Å². The minimum absolute atomic E-state index is 0.0610. The molecule has 9 heteroatoms. The zero-order chi connectivity index (χ0) is 32.5. The molecule has 1 saturated carbocycles. The zero-order valence-electron chi connectivity index (χ0n) is 26.3. The van der Waals surface area contributed by atoms with E-state index in [4.69, 9.17) is 4.74 Å². The molecular weight excluding hydrogens is 598 g/mol. The molecule has 240 valence electrons. The Labute approximate surface area is 272 Å². The van der Waals surface area contributed by atoms with Gasteiger partial charge in [-0.2, -0.15) is 0 Å². The fourth-order valence-corrected chi connectivity index (χ4v) is 6.70. The topological polar surface area (TPSA) is 96.0 Å². The number of para-hydroxylation sites is 1. The SMILES string of the molecule is Cc1cccc(CN(C(=O)CN(c2ccc(Oc3ccccc3)cc2)S(C)(=O)=O)[C@H](Cc2ccccc2)C(=O)NC2CCCC2)c1. The van der Waals surface area contributed by atoms with Crippen molar-refractivity contribution in [3.8, 4) is 11.5 Å². The standard InChI is InChI=1S/C37H41N3O5S/c1-28-12-11-15-30(24-28)26-39(35(25-29-13-5-3-6-14-29)37(42)38-31-16-9-10-17-31)36(41)27-40(46(2,43)44)32-20-22-34(23-21-32)45-33-18-7-4-8-19-33/h3-8,11-15,18-24,31,35H,9-10,16-17,25-27H2,1-2H3,(H,38,42)/t35-/m1/s1. The van der Waals surface area contributed by atoms with Crippen LogP contribution in [0.3, 0.4) is 0 Å². The predicted octanol–water partition coefficient (Wildman–Crippen LogP) is 6.25. The molecule has 46 heavy (non-hydrogen) atoms. The third kappa shape index (κ3) is 8.97. The second-order valence-corrected chi connectivity index (χ2v) is 13.8. The Balaban J connectivity index is 1.46. The second kappa shape index (κ2) is 15.1. The Hall–Kier alpha value is -4.63. The van der Waals surface area contributed by atoms with Crippen LogP contribution in [0.4, 0.5) is 5.69 Å². The van der Waals surface area contributed by atoms with Gasteiger partial charge in [-0.3, -0.25) is 13.9 Å². The summed E-state index contributed by atoms with van der Waals surface area (Å²) in [6.07, 6.45) is 5.29. The maximum Gasteiger partial charge on any atom is 0.244 e. The van der Waals surface area contributed by atoms with Crippen LogP contribution < -0.4 is 14.4 Å². The van der Waals surface area contributed by atoms with Gasteiger partial charge in [0, 0.05) is 19.0 Å². The third-order valence-corrected chi connectivity index (χ3v) is 9.33. The maximum absolute atomic E-state index is 14.4. The molecule has 1 N–H and O–H groups in total. The van der Waals surface area contributed by atoms with Crippen molar-refractivity contribution in [1.82, 2.24) is 10.2 Å². The highest BCUT2D eigenvalue weighted by atomic mass is 32.2. The van der Waals surface area contributed by atoms with Gasteiger partial charge >= 0.3 is 0 Å². The first-order chi connectivity index (χ1) is 22.2. The third-order valence-electron chi connectivity index (χ3n) is 8.19. The van der Waals surface area contributed by atoms with Crippen LogP contribution in [0.1, 0.15) is 42.4 Å². The van der Waals surface area contributed by atoms with E-state index < -0.39 is 28.5 Å². The van der Waals surface area contributed by atoms with Gasteiger partial charge in [-0.1, -0.05) is 91.2 Å². The average Bonchev–Trinajstić information content (AvgIpc) is 3.55. The molecule has 0 radical (unpaired) electrons. The Morgan fingerprint density at radius 3 is 2.07 bits per heavy atom. The number of aryl methyl sites for hydroxylation is 1. The van der Waals surface area contributed by atoms with Crippen LogP contribution in [0.5, 0.6) is 11.5 Å². The summed E-state index contributed by atoms with van der Waals surface area (Å²) in [5.74, 6) is 0.476. The number of carbonyl (C=O) groups is 2. The summed E-state index contributed by atoms with van der Waals surface area (Å²) in [5, 5.41) is 3.19. The Morgan fingerprint density at radius 2 is 1.43 bits per heavy atom. The van der Waals surface area contributed by atoms with Crippen molar-refractivity contribution in [2.45, 2.75) is 57.7 Å². The molecule has 2 amide bonds. The monoisotopic (exact) mass is 639 g/mol. The Morgan fingerprint density at radius 1 is 0.826 bits per heavy atom. The number of nitrogens with zero attached hydrogens (tertiary/aromatic N) is 2. The minimum atomic E-state index is -3.88. The fraction of sp³-hybridized carbons (Fsp3) is 0.297. The molecule has 0 saturated heterocycles. The van der Waals surface area contributed by atoms with Crippen LogP contribution in [0.2, 0.25) is 0 Å². The predicted molar refractivity (Wildman–Crippen MR) is 181 cm³/mol. The van der Waals surface area contributed by atoms with Crippen molar-refractivity contribution in [3.05, 3.63) is 126 Å². The lowest BCUT2D eigenvalue weighted by atomic mass is 10.0. The lowest BCUT2D eigenvalue weighted by Crippen LogP contribution is -2.54. The molecule has 8 nitrogen and oxygen atoms in total. The minimum Gasteiger partial charge on any atom is -0.457 e. The van der Waals surface area contributed by atoms with Gasteiger partial charge in [-0.15, -0.1) is 0 Å². The fourth-order valence-electron chi connectivity index (χ4n) is 5.85. The van der Waals surface area contributed by atoms with E-state index in [-0.39, 0.29) is 18.5 Å². The van der Waals surface area contributed by atoms with Crippen LogP contribution in [0, 0.1) is 6.92 Å². The molecular formula is C37H41N3O5S. The van der Waals surface area contributed by atoms with Gasteiger partial charge in [0.05, 0.1) is 11.9 Å². The molecule has 5 rings (SSSR count). The molecule has 1 aliphatic carbocycles. The van der Waals surface area contributed by atoms with Crippen LogP contribution in [0.25, 0.3) is 0 Å². The molecule has 4 aromatic rings. The highest BCUT2D eigenvalue weighted by molar-refractivity contribution is 7.92. The van der Waals surface area contributed by atoms with Crippen molar-refractivity contribution in [2.75, 3.05) is 17.1 Å². The number of anilines is 1. The Kier molecular flexibility index (Phi) is 10.8. The van der Waals surface area contributed by atoms with Crippen LogP contribution >= 0.6 is 0 Å². The first-order valence-corrected chi connectivity index (χ1v) is 17.5. The number of amides is 2. The first-order valence-electron chi connectivity index (χ1n) is 15.7. The largest absolute Gasteiger partial charge is 0.457 e. The van der Waals surface area contributed by atoms with E-state index in [1.165, 1.54) is 4.90 Å². The summed E-state index contributed by atoms with van der Waals surface area (Å²) in [7, 11) is -3.88. The van der Waals surface area contributed by atoms with Gasteiger partial charge in [-0.05, 0) is 67.3 Å². The number of sulfonamides is 1. The summed E-state index contributed by atoms with van der Waals surface area (Å²) in [6.45, 7) is 1.66. The highest BCUT2D eigenvalue weighted by Gasteiger charge is 2.34. The second-order valence-electron chi connectivity index (χ2n) is 11.9. The van der Waals surface area contributed by atoms with Crippen LogP contribution in [-0.2, 0) is 32.6 Å². The smallest absolute Gasteiger partial charge is 0.244 e. The molecule has 1 fully saturated rings. The number of carbonyl (C=O) groups excluding carboxylic acids is 2. The number of hydrogen-bond acceptors (Lipinski definition) is 5. The molecule has 0 heterocycles. The molecule has 4 aromatic carbocycles. The summed E-state index contributed by atoms with van der Waals surface area (Å²) in [4.78, 5) is 29.9. The summed E-state index contributed by atoms with van der Waals surface area (Å²) < 4.78 is 33.2. The lowest BCUT2D eigenvalue weighted by molar-refractivity contribution is -0.140. The number of benzene rings is 4. The van der Waals surface area contributed by atoms with E-state index in [0.29, 0.717) is 23.6 Å². The van der Waals surface area contributed by atoms with E-state index in [0.717, 1.165) is 52.9 Å². The quantitative estimate of drug-likeness (QED) is 0.187. The average molecular weight is 640 g/mol. The molecule has 0 aliphatic heterocycles. The molecule has 1 atom stereocenters. The van der Waals surface area contributed by atoms with Gasteiger partial charge in [0.2, 0.25) is 21.8 Å². The van der Waals surface area contributed by atoms with Gasteiger partial charge in [0.1, 0.15) is 24.1 Å². The molecule has 0 bridgehead atoms. The maximum atomic E-state index is 14.4. The van der Waals surface area contributed by atoms with E-state index in [2.05, 4.69) is 5.32 Å². The van der Waals surface area contributed by atoms with E-state index in [9.17, 15) is 18.0 Å².